The first-order valence-electron chi connectivity index (χ1n) is 5.63. The molecule has 0 unspecified atom stereocenters. The summed E-state index contributed by atoms with van der Waals surface area (Å²) in [5.41, 5.74) is 0.620. The maximum Gasteiger partial charge on any atom is 0.374 e. The van der Waals surface area contributed by atoms with E-state index in [0.29, 0.717) is 5.69 Å². The third-order valence-corrected chi connectivity index (χ3v) is 2.16. The number of imidazole rings is 1. The van der Waals surface area contributed by atoms with Crippen LogP contribution in [0.5, 0.6) is 5.88 Å². The molecule has 0 aliphatic heterocycles. The highest BCUT2D eigenvalue weighted by molar-refractivity contribution is 5.86. The number of aromatic nitrogens is 2. The van der Waals surface area contributed by atoms with Crippen LogP contribution in [0.15, 0.2) is 40.6 Å². The lowest BCUT2D eigenvalue weighted by atomic mass is 10.3. The summed E-state index contributed by atoms with van der Waals surface area (Å²) in [5, 5.41) is 17.2. The molecular weight excluding hydrogens is 248 g/mol. The van der Waals surface area contributed by atoms with Gasteiger partial charge in [0.05, 0.1) is 12.3 Å². The third kappa shape index (κ3) is 3.15. The van der Waals surface area contributed by atoms with E-state index in [9.17, 15) is 9.90 Å². The summed E-state index contributed by atoms with van der Waals surface area (Å²) in [6, 6.07) is 8.98. The fourth-order valence-corrected chi connectivity index (χ4v) is 1.32. The zero-order valence-electron chi connectivity index (χ0n) is 10.2. The van der Waals surface area contributed by atoms with Crippen molar-refractivity contribution in [3.8, 4) is 5.88 Å². The monoisotopic (exact) mass is 260 g/mol. The molecule has 2 N–H and O–H groups in total. The Bertz CT molecular complexity index is 592. The van der Waals surface area contributed by atoms with E-state index in [-0.39, 0.29) is 18.2 Å². The lowest BCUT2D eigenvalue weighted by Crippen LogP contribution is -2.06. The van der Waals surface area contributed by atoms with Crippen LogP contribution < -0.4 is 0 Å². The number of ether oxygens (including phenoxy) is 1. The Hall–Kier alpha value is -2.70. The number of aromatic hydroxyl groups is 1. The smallest absolute Gasteiger partial charge is 0.374 e. The molecule has 0 aliphatic carbocycles. The van der Waals surface area contributed by atoms with Gasteiger partial charge in [0.25, 0.3) is 5.88 Å². The van der Waals surface area contributed by atoms with Crippen molar-refractivity contribution in [2.45, 2.75) is 6.92 Å². The van der Waals surface area contributed by atoms with Gasteiger partial charge in [0, 0.05) is 0 Å². The second-order valence-electron chi connectivity index (χ2n) is 3.51. The number of carbonyl (C=O) groups is 1. The highest BCUT2D eigenvalue weighted by Gasteiger charge is 2.15. The molecule has 7 heteroatoms. The van der Waals surface area contributed by atoms with Crippen molar-refractivity contribution in [1.82, 2.24) is 9.97 Å². The number of carbonyl (C=O) groups excluding carboxylic acids is 1. The number of azo groups is 1. The molecule has 1 heterocycles. The molecule has 98 valence electrons. The summed E-state index contributed by atoms with van der Waals surface area (Å²) in [7, 11) is 0. The topological polar surface area (TPSA) is 99.9 Å². The molecule has 0 aliphatic rings. The average molecular weight is 260 g/mol. The van der Waals surface area contributed by atoms with Crippen LogP contribution in [0.25, 0.3) is 0 Å². The lowest BCUT2D eigenvalue weighted by molar-refractivity contribution is 0.0512. The highest BCUT2D eigenvalue weighted by atomic mass is 16.5. The van der Waals surface area contributed by atoms with Gasteiger partial charge in [-0.15, -0.1) is 10.2 Å². The van der Waals surface area contributed by atoms with E-state index >= 15 is 0 Å². The van der Waals surface area contributed by atoms with Gasteiger partial charge in [-0.25, -0.2) is 4.79 Å². The molecule has 0 amide bonds. The first kappa shape index (κ1) is 12.7. The van der Waals surface area contributed by atoms with Crippen LogP contribution in [-0.4, -0.2) is 27.7 Å². The first-order valence-corrected chi connectivity index (χ1v) is 5.63. The molecule has 7 nitrogen and oxygen atoms in total. The maximum atomic E-state index is 11.4. The number of nitrogens with one attached hydrogen (secondary N) is 1. The zero-order chi connectivity index (χ0) is 13.7. The number of rotatable bonds is 4. The summed E-state index contributed by atoms with van der Waals surface area (Å²) in [6.45, 7) is 1.90. The van der Waals surface area contributed by atoms with Crippen molar-refractivity contribution >= 4 is 17.5 Å². The van der Waals surface area contributed by atoms with Gasteiger partial charge in [-0.05, 0) is 19.1 Å². The number of hydrogen-bond donors (Lipinski definition) is 2. The molecule has 2 rings (SSSR count). The van der Waals surface area contributed by atoms with Gasteiger partial charge in [0.15, 0.2) is 0 Å². The summed E-state index contributed by atoms with van der Waals surface area (Å²) in [4.78, 5) is 17.5. The zero-order valence-corrected chi connectivity index (χ0v) is 10.2. The van der Waals surface area contributed by atoms with E-state index in [1.165, 1.54) is 0 Å². The summed E-state index contributed by atoms with van der Waals surface area (Å²) in [6.07, 6.45) is 0. The molecule has 0 spiro atoms. The van der Waals surface area contributed by atoms with Gasteiger partial charge in [-0.2, -0.15) is 4.98 Å². The minimum atomic E-state index is -0.654. The quantitative estimate of drug-likeness (QED) is 0.652. The summed E-state index contributed by atoms with van der Waals surface area (Å²) < 4.78 is 4.74. The minimum absolute atomic E-state index is 0.00639. The number of aromatic amines is 1. The third-order valence-electron chi connectivity index (χ3n) is 2.16. The summed E-state index contributed by atoms with van der Waals surface area (Å²) in [5.74, 6) is -1.16. The molecule has 0 atom stereocenters. The fraction of sp³-hybridized carbons (Fsp3) is 0.167. The van der Waals surface area contributed by atoms with E-state index in [1.54, 1.807) is 19.1 Å². The fourth-order valence-electron chi connectivity index (χ4n) is 1.32. The van der Waals surface area contributed by atoms with Gasteiger partial charge >= 0.3 is 5.97 Å². The second kappa shape index (κ2) is 5.76. The number of H-pyrrole nitrogens is 1. The molecule has 0 saturated carbocycles. The Labute approximate surface area is 109 Å². The number of hydrogen-bond acceptors (Lipinski definition) is 6. The van der Waals surface area contributed by atoms with Gasteiger partial charge in [0.2, 0.25) is 11.6 Å². The summed E-state index contributed by atoms with van der Waals surface area (Å²) >= 11 is 0. The van der Waals surface area contributed by atoms with Crippen LogP contribution in [0.1, 0.15) is 17.5 Å². The predicted molar refractivity (Wildman–Crippen MR) is 66.8 cm³/mol. The van der Waals surface area contributed by atoms with Crippen molar-refractivity contribution in [2.24, 2.45) is 10.2 Å². The SMILES string of the molecule is CCOC(=O)c1nc(O)c(N=Nc2ccccc2)[nH]1. The Morgan fingerprint density at radius 2 is 2.11 bits per heavy atom. The molecular formula is C12H12N4O3. The molecule has 1 aromatic heterocycles. The van der Waals surface area contributed by atoms with Gasteiger partial charge < -0.3 is 14.8 Å². The Morgan fingerprint density at radius 1 is 1.37 bits per heavy atom. The van der Waals surface area contributed by atoms with Crippen LogP contribution in [0.4, 0.5) is 11.5 Å². The van der Waals surface area contributed by atoms with Crippen LogP contribution in [0.2, 0.25) is 0 Å². The van der Waals surface area contributed by atoms with Crippen molar-refractivity contribution in [3.63, 3.8) is 0 Å². The molecule has 1 aromatic carbocycles. The Balaban J connectivity index is 2.17. The largest absolute Gasteiger partial charge is 0.491 e. The highest BCUT2D eigenvalue weighted by Crippen LogP contribution is 2.25. The van der Waals surface area contributed by atoms with E-state index in [0.717, 1.165) is 0 Å². The van der Waals surface area contributed by atoms with Gasteiger partial charge in [0.1, 0.15) is 0 Å². The van der Waals surface area contributed by atoms with Crippen molar-refractivity contribution in [3.05, 3.63) is 36.2 Å². The normalized spacial score (nSPS) is 10.8. The average Bonchev–Trinajstić information content (AvgIpc) is 2.79. The Kier molecular flexibility index (Phi) is 3.87. The van der Waals surface area contributed by atoms with E-state index in [1.807, 2.05) is 18.2 Å². The maximum absolute atomic E-state index is 11.4. The van der Waals surface area contributed by atoms with Crippen molar-refractivity contribution < 1.29 is 14.6 Å². The lowest BCUT2D eigenvalue weighted by Gasteiger charge is -1.95. The van der Waals surface area contributed by atoms with Crippen molar-refractivity contribution in [2.75, 3.05) is 6.61 Å². The standard InChI is InChI=1S/C12H12N4O3/c1-2-19-12(18)10-13-9(11(17)14-10)16-15-8-6-4-3-5-7-8/h3-7,17H,2H2,1H3,(H,13,14). The number of benzene rings is 1. The van der Waals surface area contributed by atoms with E-state index in [4.69, 9.17) is 4.74 Å². The molecule has 19 heavy (non-hydrogen) atoms. The molecule has 0 bridgehead atoms. The number of nitrogens with zero attached hydrogens (tertiary/aromatic N) is 3. The second-order valence-corrected chi connectivity index (χ2v) is 3.51. The van der Waals surface area contributed by atoms with Crippen LogP contribution in [0.3, 0.4) is 0 Å². The van der Waals surface area contributed by atoms with Crippen LogP contribution in [0, 0.1) is 0 Å². The predicted octanol–water partition coefficient (Wildman–Crippen LogP) is 2.71. The molecule has 0 saturated heterocycles. The van der Waals surface area contributed by atoms with E-state index in [2.05, 4.69) is 20.2 Å². The van der Waals surface area contributed by atoms with Gasteiger partial charge in [-0.3, -0.25) is 0 Å². The molecule has 2 aromatic rings. The first-order chi connectivity index (χ1) is 9.20. The van der Waals surface area contributed by atoms with Gasteiger partial charge in [-0.1, -0.05) is 18.2 Å². The van der Waals surface area contributed by atoms with Crippen LogP contribution >= 0.6 is 0 Å². The van der Waals surface area contributed by atoms with Crippen molar-refractivity contribution in [1.29, 1.82) is 0 Å². The Morgan fingerprint density at radius 3 is 2.79 bits per heavy atom. The number of esters is 1. The van der Waals surface area contributed by atoms with Crippen LogP contribution in [-0.2, 0) is 4.74 Å². The molecule has 0 fully saturated rings. The minimum Gasteiger partial charge on any atom is -0.491 e. The molecule has 0 radical (unpaired) electrons. The van der Waals surface area contributed by atoms with E-state index < -0.39 is 11.8 Å².